The molecule has 0 aliphatic heterocycles. The molecule has 0 aromatic heterocycles. The summed E-state index contributed by atoms with van der Waals surface area (Å²) in [6.45, 7) is 2.30. The van der Waals surface area contributed by atoms with Gasteiger partial charge < -0.3 is 4.74 Å². The van der Waals surface area contributed by atoms with E-state index < -0.39 is 5.60 Å². The summed E-state index contributed by atoms with van der Waals surface area (Å²) in [7, 11) is 1.67. The van der Waals surface area contributed by atoms with E-state index in [0.29, 0.717) is 11.7 Å². The largest absolute Gasteiger partial charge is 0.366 e. The standard InChI is InChI=1S/C13H18O2/c1-9-3-4-10-7-13(15-2)6-5-12(9,10)8-11(13)14/h7,9H,3-6,8H2,1-2H3. The van der Waals surface area contributed by atoms with Gasteiger partial charge in [0.05, 0.1) is 0 Å². The van der Waals surface area contributed by atoms with Crippen LogP contribution in [0.3, 0.4) is 0 Å². The van der Waals surface area contributed by atoms with Gasteiger partial charge in [0.1, 0.15) is 5.60 Å². The first kappa shape index (κ1) is 9.59. The first-order valence-electron chi connectivity index (χ1n) is 5.94. The van der Waals surface area contributed by atoms with E-state index >= 15 is 0 Å². The van der Waals surface area contributed by atoms with E-state index in [-0.39, 0.29) is 5.41 Å². The number of hydrogen-bond donors (Lipinski definition) is 0. The van der Waals surface area contributed by atoms with Crippen molar-refractivity contribution in [3.8, 4) is 0 Å². The first-order chi connectivity index (χ1) is 7.13. The predicted molar refractivity (Wildman–Crippen MR) is 57.5 cm³/mol. The van der Waals surface area contributed by atoms with Crippen LogP contribution in [0.4, 0.5) is 0 Å². The minimum Gasteiger partial charge on any atom is -0.366 e. The fraction of sp³-hybridized carbons (Fsp3) is 0.769. The highest BCUT2D eigenvalue weighted by Gasteiger charge is 2.58. The van der Waals surface area contributed by atoms with E-state index in [4.69, 9.17) is 4.74 Å². The van der Waals surface area contributed by atoms with Crippen LogP contribution >= 0.6 is 0 Å². The fourth-order valence-corrected chi connectivity index (χ4v) is 3.91. The third-order valence-electron chi connectivity index (χ3n) is 5.09. The molecule has 15 heavy (non-hydrogen) atoms. The molecule has 0 aromatic rings. The number of fused-ring (bicyclic) bond motifs is 2. The van der Waals surface area contributed by atoms with Gasteiger partial charge in [-0.05, 0) is 37.7 Å². The second kappa shape index (κ2) is 2.73. The van der Waals surface area contributed by atoms with Crippen molar-refractivity contribution in [2.24, 2.45) is 11.3 Å². The van der Waals surface area contributed by atoms with Crippen molar-refractivity contribution in [3.05, 3.63) is 11.6 Å². The SMILES string of the molecule is COC12C=C3CCC(C)C3(CC1)CC2=O. The highest BCUT2D eigenvalue weighted by Crippen LogP contribution is 2.61. The van der Waals surface area contributed by atoms with Crippen molar-refractivity contribution in [2.45, 2.75) is 44.6 Å². The fourth-order valence-electron chi connectivity index (χ4n) is 3.91. The van der Waals surface area contributed by atoms with Gasteiger partial charge in [-0.2, -0.15) is 0 Å². The van der Waals surface area contributed by atoms with Crippen LogP contribution in [0.2, 0.25) is 0 Å². The summed E-state index contributed by atoms with van der Waals surface area (Å²) < 4.78 is 5.49. The highest BCUT2D eigenvalue weighted by atomic mass is 16.5. The number of carbonyl (C=O) groups is 1. The molecule has 0 amide bonds. The molecule has 4 aliphatic carbocycles. The Kier molecular flexibility index (Phi) is 1.75. The maximum absolute atomic E-state index is 12.1. The number of hydrogen-bond acceptors (Lipinski definition) is 2. The van der Waals surface area contributed by atoms with Gasteiger partial charge >= 0.3 is 0 Å². The summed E-state index contributed by atoms with van der Waals surface area (Å²) in [6.07, 6.45) is 7.37. The van der Waals surface area contributed by atoms with Crippen molar-refractivity contribution in [1.82, 2.24) is 0 Å². The Hall–Kier alpha value is -0.630. The van der Waals surface area contributed by atoms with Crippen molar-refractivity contribution < 1.29 is 9.53 Å². The highest BCUT2D eigenvalue weighted by molar-refractivity contribution is 5.93. The van der Waals surface area contributed by atoms with E-state index in [0.717, 1.165) is 19.3 Å². The average molecular weight is 206 g/mol. The molecule has 82 valence electrons. The van der Waals surface area contributed by atoms with Gasteiger partial charge in [-0.1, -0.05) is 12.5 Å². The first-order valence-corrected chi connectivity index (χ1v) is 5.94. The van der Waals surface area contributed by atoms with E-state index in [2.05, 4.69) is 13.0 Å². The Morgan fingerprint density at radius 3 is 2.93 bits per heavy atom. The van der Waals surface area contributed by atoms with Crippen LogP contribution in [-0.2, 0) is 9.53 Å². The number of carbonyl (C=O) groups excluding carboxylic acids is 1. The molecule has 4 rings (SSSR count). The molecule has 2 heteroatoms. The van der Waals surface area contributed by atoms with Crippen molar-refractivity contribution in [3.63, 3.8) is 0 Å². The molecule has 0 heterocycles. The van der Waals surface area contributed by atoms with Crippen LogP contribution in [0.25, 0.3) is 0 Å². The second-order valence-electron chi connectivity index (χ2n) is 5.46. The monoisotopic (exact) mass is 206 g/mol. The number of allylic oxidation sites excluding steroid dienone is 1. The summed E-state index contributed by atoms with van der Waals surface area (Å²) in [5.41, 5.74) is 1.21. The van der Waals surface area contributed by atoms with Crippen molar-refractivity contribution in [2.75, 3.05) is 7.11 Å². The molecular formula is C13H18O2. The summed E-state index contributed by atoms with van der Waals surface area (Å²) in [5.74, 6) is 0.997. The summed E-state index contributed by atoms with van der Waals surface area (Å²) >= 11 is 0. The molecule has 4 aliphatic rings. The van der Waals surface area contributed by atoms with Crippen LogP contribution < -0.4 is 0 Å². The smallest absolute Gasteiger partial charge is 0.169 e. The third kappa shape index (κ3) is 0.963. The zero-order valence-electron chi connectivity index (χ0n) is 9.51. The van der Waals surface area contributed by atoms with Gasteiger partial charge in [-0.15, -0.1) is 0 Å². The number of methoxy groups -OCH3 is 1. The van der Waals surface area contributed by atoms with Crippen LogP contribution in [0.5, 0.6) is 0 Å². The third-order valence-corrected chi connectivity index (χ3v) is 5.09. The summed E-state index contributed by atoms with van der Waals surface area (Å²) in [4.78, 5) is 12.1. The minimum atomic E-state index is -0.541. The van der Waals surface area contributed by atoms with Crippen LogP contribution in [-0.4, -0.2) is 18.5 Å². The molecule has 2 saturated carbocycles. The molecular weight excluding hydrogens is 188 g/mol. The normalized spacial score (nSPS) is 48.0. The number of ether oxygens (including phenoxy) is 1. The van der Waals surface area contributed by atoms with Gasteiger partial charge in [0, 0.05) is 18.9 Å². The number of ketones is 1. The molecule has 3 unspecified atom stereocenters. The molecule has 2 nitrogen and oxygen atoms in total. The predicted octanol–water partition coefficient (Wildman–Crippen LogP) is 2.48. The van der Waals surface area contributed by atoms with Gasteiger partial charge in [-0.25, -0.2) is 0 Å². The second-order valence-corrected chi connectivity index (χ2v) is 5.46. The van der Waals surface area contributed by atoms with Gasteiger partial charge in [-0.3, -0.25) is 4.79 Å². The van der Waals surface area contributed by atoms with Crippen LogP contribution in [0, 0.1) is 11.3 Å². The topological polar surface area (TPSA) is 26.3 Å². The maximum Gasteiger partial charge on any atom is 0.169 e. The Bertz CT molecular complexity index is 358. The Balaban J connectivity index is 2.13. The Morgan fingerprint density at radius 1 is 1.47 bits per heavy atom. The van der Waals surface area contributed by atoms with Gasteiger partial charge in [0.15, 0.2) is 5.78 Å². The van der Waals surface area contributed by atoms with E-state index in [1.807, 2.05) is 0 Å². The lowest BCUT2D eigenvalue weighted by atomic mass is 9.57. The van der Waals surface area contributed by atoms with E-state index in [1.54, 1.807) is 7.11 Å². The molecule has 0 N–H and O–H groups in total. The lowest BCUT2D eigenvalue weighted by molar-refractivity contribution is -0.147. The molecule has 3 atom stereocenters. The molecule has 2 bridgehead atoms. The Morgan fingerprint density at radius 2 is 2.27 bits per heavy atom. The molecule has 2 fully saturated rings. The molecule has 0 radical (unpaired) electrons. The molecule has 1 spiro atoms. The lowest BCUT2D eigenvalue weighted by Gasteiger charge is -2.50. The average Bonchev–Trinajstić information content (AvgIpc) is 2.56. The molecule has 0 saturated heterocycles. The van der Waals surface area contributed by atoms with E-state index in [9.17, 15) is 4.79 Å². The van der Waals surface area contributed by atoms with Crippen LogP contribution in [0.15, 0.2) is 11.6 Å². The zero-order valence-corrected chi connectivity index (χ0v) is 9.51. The summed E-state index contributed by atoms with van der Waals surface area (Å²) in [5, 5.41) is 0. The number of rotatable bonds is 1. The number of Topliss-reactive ketones (excluding diaryl/α,β-unsaturated/α-hetero) is 1. The maximum atomic E-state index is 12.1. The van der Waals surface area contributed by atoms with Gasteiger partial charge in [0.2, 0.25) is 0 Å². The Labute approximate surface area is 90.7 Å². The van der Waals surface area contributed by atoms with Crippen molar-refractivity contribution >= 4 is 5.78 Å². The quantitative estimate of drug-likeness (QED) is 0.616. The molecule has 0 aromatic carbocycles. The minimum absolute atomic E-state index is 0.233. The van der Waals surface area contributed by atoms with Gasteiger partial charge in [0.25, 0.3) is 0 Å². The van der Waals surface area contributed by atoms with E-state index in [1.165, 1.54) is 18.4 Å². The van der Waals surface area contributed by atoms with Crippen molar-refractivity contribution in [1.29, 1.82) is 0 Å². The van der Waals surface area contributed by atoms with Crippen LogP contribution in [0.1, 0.15) is 39.0 Å². The lowest BCUT2D eigenvalue weighted by Crippen LogP contribution is -2.53. The zero-order chi connectivity index (χ0) is 10.7. The summed E-state index contributed by atoms with van der Waals surface area (Å²) in [6, 6.07) is 0.